The van der Waals surface area contributed by atoms with Gasteiger partial charge in [0.1, 0.15) is 11.3 Å². The first kappa shape index (κ1) is 17.1. The summed E-state index contributed by atoms with van der Waals surface area (Å²) < 4.78 is 11.0. The summed E-state index contributed by atoms with van der Waals surface area (Å²) in [4.78, 5) is 12.5. The third kappa shape index (κ3) is 3.68. The molecule has 1 aromatic heterocycles. The molecule has 1 amide bonds. The number of hydrogen-bond donors (Lipinski definition) is 1. The van der Waals surface area contributed by atoms with Crippen LogP contribution in [0.25, 0.3) is 11.0 Å². The van der Waals surface area contributed by atoms with E-state index in [1.807, 2.05) is 43.3 Å². The number of aryl methyl sites for hydroxylation is 1. The van der Waals surface area contributed by atoms with E-state index in [-0.39, 0.29) is 18.4 Å². The molecule has 0 saturated heterocycles. The molecule has 0 saturated carbocycles. The maximum Gasteiger partial charge on any atom is 0.225 e. The van der Waals surface area contributed by atoms with Crippen molar-refractivity contribution in [2.24, 2.45) is 0 Å². The smallest absolute Gasteiger partial charge is 0.225 e. The molecule has 1 atom stereocenters. The van der Waals surface area contributed by atoms with E-state index in [4.69, 9.17) is 9.15 Å². The lowest BCUT2D eigenvalue weighted by Gasteiger charge is -2.17. The van der Waals surface area contributed by atoms with Crippen LogP contribution in [-0.2, 0) is 17.6 Å². The number of nitrogens with one attached hydrogen (secondary N) is 1. The largest absolute Gasteiger partial charge is 0.496 e. The Labute approximate surface area is 147 Å². The van der Waals surface area contributed by atoms with Gasteiger partial charge in [0.05, 0.1) is 25.8 Å². The van der Waals surface area contributed by atoms with Gasteiger partial charge in [0.2, 0.25) is 5.91 Å². The molecule has 0 aliphatic carbocycles. The molecule has 0 aliphatic heterocycles. The predicted molar refractivity (Wildman–Crippen MR) is 98.8 cm³/mol. The summed E-state index contributed by atoms with van der Waals surface area (Å²) in [6.45, 7) is 4.06. The Morgan fingerprint density at radius 3 is 2.80 bits per heavy atom. The molecule has 3 rings (SSSR count). The molecule has 1 unspecified atom stereocenters. The van der Waals surface area contributed by atoms with Crippen molar-refractivity contribution in [1.29, 1.82) is 0 Å². The number of hydrogen-bond acceptors (Lipinski definition) is 3. The van der Waals surface area contributed by atoms with Gasteiger partial charge in [0.25, 0.3) is 0 Å². The SMILES string of the molecule is CCc1ccc2c(CC(=O)NC(C)c3ccccc3OC)coc2c1. The summed E-state index contributed by atoms with van der Waals surface area (Å²) in [5.74, 6) is 0.733. The number of fused-ring (bicyclic) bond motifs is 1. The van der Waals surface area contributed by atoms with Gasteiger partial charge in [-0.05, 0) is 31.0 Å². The third-order valence-corrected chi connectivity index (χ3v) is 4.46. The van der Waals surface area contributed by atoms with E-state index in [1.165, 1.54) is 5.56 Å². The van der Waals surface area contributed by atoms with E-state index >= 15 is 0 Å². The Balaban J connectivity index is 1.72. The average Bonchev–Trinajstić information content (AvgIpc) is 3.03. The molecule has 3 aromatic rings. The minimum Gasteiger partial charge on any atom is -0.496 e. The highest BCUT2D eigenvalue weighted by molar-refractivity contribution is 5.88. The first-order valence-corrected chi connectivity index (χ1v) is 8.53. The zero-order valence-corrected chi connectivity index (χ0v) is 14.8. The van der Waals surface area contributed by atoms with Gasteiger partial charge < -0.3 is 14.5 Å². The number of para-hydroxylation sites is 1. The molecule has 2 aromatic carbocycles. The molecular formula is C21H23NO3. The monoisotopic (exact) mass is 337 g/mol. The van der Waals surface area contributed by atoms with E-state index in [9.17, 15) is 4.79 Å². The number of carbonyl (C=O) groups is 1. The molecule has 0 spiro atoms. The summed E-state index contributed by atoms with van der Waals surface area (Å²) >= 11 is 0. The topological polar surface area (TPSA) is 51.5 Å². The number of methoxy groups -OCH3 is 1. The van der Waals surface area contributed by atoms with Crippen LogP contribution in [0, 0.1) is 0 Å². The Morgan fingerprint density at radius 1 is 1.24 bits per heavy atom. The van der Waals surface area contributed by atoms with Gasteiger partial charge in [-0.1, -0.05) is 37.3 Å². The Morgan fingerprint density at radius 2 is 2.04 bits per heavy atom. The molecule has 0 radical (unpaired) electrons. The highest BCUT2D eigenvalue weighted by Crippen LogP contribution is 2.26. The fourth-order valence-electron chi connectivity index (χ4n) is 3.05. The van der Waals surface area contributed by atoms with Crippen LogP contribution in [0.15, 0.2) is 53.1 Å². The van der Waals surface area contributed by atoms with Crippen LogP contribution in [0.4, 0.5) is 0 Å². The standard InChI is InChI=1S/C21H23NO3/c1-4-15-9-10-18-16(13-25-20(18)11-15)12-21(23)22-14(2)17-7-5-6-8-19(17)24-3/h5-11,13-14H,4,12H2,1-3H3,(H,22,23). The molecule has 0 aliphatic rings. The van der Waals surface area contributed by atoms with E-state index < -0.39 is 0 Å². The van der Waals surface area contributed by atoms with Crippen LogP contribution < -0.4 is 10.1 Å². The minimum atomic E-state index is -0.131. The summed E-state index contributed by atoms with van der Waals surface area (Å²) in [5.41, 5.74) is 3.92. The Hall–Kier alpha value is -2.75. The Bertz CT molecular complexity index is 882. The van der Waals surface area contributed by atoms with E-state index in [2.05, 4.69) is 18.3 Å². The zero-order chi connectivity index (χ0) is 17.8. The van der Waals surface area contributed by atoms with Crippen LogP contribution >= 0.6 is 0 Å². The van der Waals surface area contributed by atoms with Crippen LogP contribution in [0.5, 0.6) is 5.75 Å². The van der Waals surface area contributed by atoms with Crippen molar-refractivity contribution in [2.75, 3.05) is 7.11 Å². The fourth-order valence-corrected chi connectivity index (χ4v) is 3.05. The molecule has 0 bridgehead atoms. The Kier molecular flexibility index (Phi) is 5.08. The summed E-state index contributed by atoms with van der Waals surface area (Å²) in [7, 11) is 1.63. The second-order valence-corrected chi connectivity index (χ2v) is 6.15. The summed E-state index contributed by atoms with van der Waals surface area (Å²) in [6.07, 6.45) is 2.93. The quantitative estimate of drug-likeness (QED) is 0.724. The van der Waals surface area contributed by atoms with Crippen molar-refractivity contribution in [3.63, 3.8) is 0 Å². The second kappa shape index (κ2) is 7.43. The minimum absolute atomic E-state index is 0.0410. The van der Waals surface area contributed by atoms with Crippen molar-refractivity contribution in [3.8, 4) is 5.75 Å². The van der Waals surface area contributed by atoms with Gasteiger partial charge in [-0.15, -0.1) is 0 Å². The van der Waals surface area contributed by atoms with E-state index in [1.54, 1.807) is 13.4 Å². The summed E-state index contributed by atoms with van der Waals surface area (Å²) in [6, 6.07) is 13.7. The second-order valence-electron chi connectivity index (χ2n) is 6.15. The molecule has 25 heavy (non-hydrogen) atoms. The summed E-state index contributed by atoms with van der Waals surface area (Å²) in [5, 5.41) is 4.03. The lowest BCUT2D eigenvalue weighted by Crippen LogP contribution is -2.28. The molecule has 4 heteroatoms. The molecular weight excluding hydrogens is 314 g/mol. The van der Waals surface area contributed by atoms with Crippen molar-refractivity contribution in [2.45, 2.75) is 32.7 Å². The van der Waals surface area contributed by atoms with Crippen molar-refractivity contribution in [1.82, 2.24) is 5.32 Å². The zero-order valence-electron chi connectivity index (χ0n) is 14.8. The highest BCUT2D eigenvalue weighted by atomic mass is 16.5. The first-order valence-electron chi connectivity index (χ1n) is 8.53. The van der Waals surface area contributed by atoms with Crippen LogP contribution in [0.1, 0.15) is 36.6 Å². The fraction of sp³-hybridized carbons (Fsp3) is 0.286. The molecule has 4 nitrogen and oxygen atoms in total. The molecule has 0 fully saturated rings. The van der Waals surface area contributed by atoms with E-state index in [0.29, 0.717) is 0 Å². The van der Waals surface area contributed by atoms with Crippen LogP contribution in [0.3, 0.4) is 0 Å². The van der Waals surface area contributed by atoms with Crippen LogP contribution in [-0.4, -0.2) is 13.0 Å². The van der Waals surface area contributed by atoms with Gasteiger partial charge in [-0.2, -0.15) is 0 Å². The average molecular weight is 337 g/mol. The van der Waals surface area contributed by atoms with Crippen molar-refractivity contribution >= 4 is 16.9 Å². The number of benzene rings is 2. The third-order valence-electron chi connectivity index (χ3n) is 4.46. The van der Waals surface area contributed by atoms with Gasteiger partial charge >= 0.3 is 0 Å². The van der Waals surface area contributed by atoms with Gasteiger partial charge in [-0.3, -0.25) is 4.79 Å². The van der Waals surface area contributed by atoms with Crippen molar-refractivity contribution in [3.05, 3.63) is 65.4 Å². The number of amides is 1. The van der Waals surface area contributed by atoms with E-state index in [0.717, 1.165) is 34.3 Å². The lowest BCUT2D eigenvalue weighted by atomic mass is 10.1. The van der Waals surface area contributed by atoms with Crippen molar-refractivity contribution < 1.29 is 13.9 Å². The van der Waals surface area contributed by atoms with Gasteiger partial charge in [0.15, 0.2) is 0 Å². The molecule has 1 heterocycles. The van der Waals surface area contributed by atoms with Crippen LogP contribution in [0.2, 0.25) is 0 Å². The molecule has 130 valence electrons. The molecule has 1 N–H and O–H groups in total. The number of carbonyl (C=O) groups excluding carboxylic acids is 1. The number of furan rings is 1. The first-order chi connectivity index (χ1) is 12.1. The predicted octanol–water partition coefficient (Wildman–Crippen LogP) is 4.42. The lowest BCUT2D eigenvalue weighted by molar-refractivity contribution is -0.121. The van der Waals surface area contributed by atoms with Gasteiger partial charge in [-0.25, -0.2) is 0 Å². The van der Waals surface area contributed by atoms with Gasteiger partial charge in [0, 0.05) is 16.5 Å². The maximum absolute atomic E-state index is 12.5. The number of rotatable bonds is 6. The maximum atomic E-state index is 12.5. The highest BCUT2D eigenvalue weighted by Gasteiger charge is 2.16. The number of ether oxygens (including phenoxy) is 1. The normalized spacial score (nSPS) is 12.1.